The second-order valence-corrected chi connectivity index (χ2v) is 8.56. The average molecular weight is 484 g/mol. The molecule has 0 radical (unpaired) electrons. The van der Waals surface area contributed by atoms with E-state index in [1.54, 1.807) is 13.2 Å². The maximum atomic E-state index is 12.8. The van der Waals surface area contributed by atoms with E-state index in [0.717, 1.165) is 34.4 Å². The van der Waals surface area contributed by atoms with E-state index < -0.39 is 0 Å². The van der Waals surface area contributed by atoms with Crippen LogP contribution in [0.4, 0.5) is 0 Å². The molecular formula is C24H26BrN3O3. The number of para-hydroxylation sites is 1. The molecule has 0 aliphatic carbocycles. The van der Waals surface area contributed by atoms with Crippen LogP contribution in [0, 0.1) is 0 Å². The number of nitrogens with zero attached hydrogens (tertiary/aromatic N) is 2. The number of hydrogen-bond donors (Lipinski definition) is 1. The van der Waals surface area contributed by atoms with Crippen LogP contribution in [0.15, 0.2) is 63.6 Å². The zero-order chi connectivity index (χ0) is 21.6. The van der Waals surface area contributed by atoms with Gasteiger partial charge in [-0.1, -0.05) is 57.8 Å². The third-order valence-corrected chi connectivity index (χ3v) is 6.19. The molecule has 3 aromatic rings. The molecule has 7 heteroatoms. The van der Waals surface area contributed by atoms with Crippen LogP contribution >= 0.6 is 15.9 Å². The van der Waals surface area contributed by atoms with Crippen molar-refractivity contribution in [2.24, 2.45) is 0 Å². The Morgan fingerprint density at radius 3 is 2.65 bits per heavy atom. The lowest BCUT2D eigenvalue weighted by Crippen LogP contribution is -2.40. The summed E-state index contributed by atoms with van der Waals surface area (Å²) in [4.78, 5) is 15.3. The van der Waals surface area contributed by atoms with Crippen molar-refractivity contribution in [3.8, 4) is 17.1 Å². The number of nitrogens with one attached hydrogen (secondary N) is 1. The van der Waals surface area contributed by atoms with Crippen molar-refractivity contribution in [2.45, 2.75) is 25.3 Å². The quantitative estimate of drug-likeness (QED) is 0.507. The second-order valence-electron chi connectivity index (χ2n) is 7.65. The molecule has 0 saturated carbocycles. The van der Waals surface area contributed by atoms with Crippen LogP contribution in [0.5, 0.6) is 5.75 Å². The standard InChI is InChI=1S/C24H26BrN3O3/c1-30-22-8-4-3-7-19(22)21(28-13-5-2-6-14-28)16-26-24(29)20-15-23(31-27-20)17-9-11-18(25)12-10-17/h3-4,7-12,15,21H,2,5-6,13-14,16H2,1H3,(H,26,29). The van der Waals surface area contributed by atoms with E-state index in [0.29, 0.717) is 12.3 Å². The number of methoxy groups -OCH3 is 1. The van der Waals surface area contributed by atoms with Crippen LogP contribution in [-0.4, -0.2) is 42.7 Å². The fraction of sp³-hybridized carbons (Fsp3) is 0.333. The maximum absolute atomic E-state index is 12.8. The third kappa shape index (κ3) is 5.17. The first-order chi connectivity index (χ1) is 15.2. The van der Waals surface area contributed by atoms with Crippen LogP contribution in [0.25, 0.3) is 11.3 Å². The summed E-state index contributed by atoms with van der Waals surface area (Å²) < 4.78 is 12.0. The minimum absolute atomic E-state index is 0.0400. The zero-order valence-corrected chi connectivity index (χ0v) is 19.1. The number of rotatable bonds is 7. The van der Waals surface area contributed by atoms with E-state index in [4.69, 9.17) is 9.26 Å². The van der Waals surface area contributed by atoms with Gasteiger partial charge in [-0.25, -0.2) is 0 Å². The topological polar surface area (TPSA) is 67.6 Å². The largest absolute Gasteiger partial charge is 0.496 e. The SMILES string of the molecule is COc1ccccc1C(CNC(=O)c1cc(-c2ccc(Br)cc2)on1)N1CCCCC1. The molecule has 162 valence electrons. The summed E-state index contributed by atoms with van der Waals surface area (Å²) >= 11 is 3.42. The van der Waals surface area contributed by atoms with Gasteiger partial charge in [-0.3, -0.25) is 9.69 Å². The lowest BCUT2D eigenvalue weighted by atomic mass is 10.0. The Hall–Kier alpha value is -2.64. The van der Waals surface area contributed by atoms with Gasteiger partial charge in [0, 0.05) is 28.2 Å². The summed E-state index contributed by atoms with van der Waals surface area (Å²) in [6, 6.07) is 17.4. The van der Waals surface area contributed by atoms with Gasteiger partial charge in [-0.05, 0) is 44.1 Å². The second kappa shape index (κ2) is 10.1. The third-order valence-electron chi connectivity index (χ3n) is 5.66. The van der Waals surface area contributed by atoms with Crippen molar-refractivity contribution < 1.29 is 14.1 Å². The molecule has 1 saturated heterocycles. The highest BCUT2D eigenvalue weighted by Crippen LogP contribution is 2.31. The first kappa shape index (κ1) is 21.6. The molecule has 31 heavy (non-hydrogen) atoms. The molecule has 1 amide bonds. The number of carbonyl (C=O) groups is 1. The van der Waals surface area contributed by atoms with E-state index in [1.165, 1.54) is 19.3 Å². The molecule has 0 spiro atoms. The van der Waals surface area contributed by atoms with E-state index in [1.807, 2.05) is 42.5 Å². The van der Waals surface area contributed by atoms with Gasteiger partial charge >= 0.3 is 0 Å². The Bertz CT molecular complexity index is 1010. The molecule has 1 aromatic heterocycles. The number of piperidine rings is 1. The molecule has 1 unspecified atom stereocenters. The first-order valence-corrected chi connectivity index (χ1v) is 11.3. The van der Waals surface area contributed by atoms with Crippen LogP contribution < -0.4 is 10.1 Å². The summed E-state index contributed by atoms with van der Waals surface area (Å²) in [5.41, 5.74) is 2.23. The van der Waals surface area contributed by atoms with Gasteiger partial charge in [0.15, 0.2) is 11.5 Å². The fourth-order valence-corrected chi connectivity index (χ4v) is 4.28. The number of ether oxygens (including phenoxy) is 1. The molecule has 4 rings (SSSR count). The molecule has 1 fully saturated rings. The Kier molecular flexibility index (Phi) is 7.04. The van der Waals surface area contributed by atoms with E-state index in [-0.39, 0.29) is 17.6 Å². The minimum Gasteiger partial charge on any atom is -0.496 e. The summed E-state index contributed by atoms with van der Waals surface area (Å²) in [6.45, 7) is 2.49. The molecule has 2 heterocycles. The van der Waals surface area contributed by atoms with E-state index >= 15 is 0 Å². The number of benzene rings is 2. The van der Waals surface area contributed by atoms with Crippen molar-refractivity contribution in [2.75, 3.05) is 26.7 Å². The predicted molar refractivity (Wildman–Crippen MR) is 123 cm³/mol. The van der Waals surface area contributed by atoms with Gasteiger partial charge in [-0.15, -0.1) is 0 Å². The number of hydrogen-bond acceptors (Lipinski definition) is 5. The summed E-state index contributed by atoms with van der Waals surface area (Å²) in [7, 11) is 1.68. The monoisotopic (exact) mass is 483 g/mol. The highest BCUT2D eigenvalue weighted by Gasteiger charge is 2.26. The lowest BCUT2D eigenvalue weighted by molar-refractivity contribution is 0.0914. The maximum Gasteiger partial charge on any atom is 0.273 e. The molecule has 1 aliphatic rings. The van der Waals surface area contributed by atoms with Gasteiger partial charge in [0.25, 0.3) is 5.91 Å². The number of aromatic nitrogens is 1. The van der Waals surface area contributed by atoms with Gasteiger partial charge in [0.05, 0.1) is 13.2 Å². The fourth-order valence-electron chi connectivity index (χ4n) is 4.02. The van der Waals surface area contributed by atoms with Crippen LogP contribution in [0.3, 0.4) is 0 Å². The smallest absolute Gasteiger partial charge is 0.273 e. The van der Waals surface area contributed by atoms with Gasteiger partial charge in [0.1, 0.15) is 5.75 Å². The Balaban J connectivity index is 1.49. The van der Waals surface area contributed by atoms with E-state index in [2.05, 4.69) is 37.4 Å². The minimum atomic E-state index is -0.246. The highest BCUT2D eigenvalue weighted by molar-refractivity contribution is 9.10. The van der Waals surface area contributed by atoms with Crippen molar-refractivity contribution in [1.82, 2.24) is 15.4 Å². The van der Waals surface area contributed by atoms with Gasteiger partial charge in [0.2, 0.25) is 0 Å². The molecule has 6 nitrogen and oxygen atoms in total. The van der Waals surface area contributed by atoms with Crippen molar-refractivity contribution in [3.05, 3.63) is 70.3 Å². The number of halogens is 1. The molecular weight excluding hydrogens is 458 g/mol. The Morgan fingerprint density at radius 2 is 1.90 bits per heavy atom. The molecule has 0 bridgehead atoms. The molecule has 2 aromatic carbocycles. The summed E-state index contributed by atoms with van der Waals surface area (Å²) in [6.07, 6.45) is 3.58. The first-order valence-electron chi connectivity index (χ1n) is 10.5. The summed E-state index contributed by atoms with van der Waals surface area (Å²) in [5.74, 6) is 1.16. The van der Waals surface area contributed by atoms with Crippen molar-refractivity contribution in [1.29, 1.82) is 0 Å². The lowest BCUT2D eigenvalue weighted by Gasteiger charge is -2.35. The molecule has 1 N–H and O–H groups in total. The number of amides is 1. The van der Waals surface area contributed by atoms with Crippen LogP contribution in [-0.2, 0) is 0 Å². The zero-order valence-electron chi connectivity index (χ0n) is 17.5. The number of carbonyl (C=O) groups excluding carboxylic acids is 1. The normalized spacial score (nSPS) is 15.4. The van der Waals surface area contributed by atoms with Crippen molar-refractivity contribution >= 4 is 21.8 Å². The van der Waals surface area contributed by atoms with E-state index in [9.17, 15) is 4.79 Å². The van der Waals surface area contributed by atoms with Crippen LogP contribution in [0.1, 0.15) is 41.4 Å². The van der Waals surface area contributed by atoms with Gasteiger partial charge < -0.3 is 14.6 Å². The molecule has 1 atom stereocenters. The van der Waals surface area contributed by atoms with Gasteiger partial charge in [-0.2, -0.15) is 0 Å². The van der Waals surface area contributed by atoms with Crippen LogP contribution in [0.2, 0.25) is 0 Å². The average Bonchev–Trinajstić information content (AvgIpc) is 3.31. The molecule has 1 aliphatic heterocycles. The Morgan fingerprint density at radius 1 is 1.16 bits per heavy atom. The predicted octanol–water partition coefficient (Wildman–Crippen LogP) is 5.07. The highest BCUT2D eigenvalue weighted by atomic mass is 79.9. The van der Waals surface area contributed by atoms with Crippen molar-refractivity contribution in [3.63, 3.8) is 0 Å². The Labute approximate surface area is 190 Å². The number of likely N-dealkylation sites (tertiary alicyclic amines) is 1. The summed E-state index contributed by atoms with van der Waals surface area (Å²) in [5, 5.41) is 7.03.